The van der Waals surface area contributed by atoms with Crippen molar-refractivity contribution in [3.63, 3.8) is 0 Å². The topological polar surface area (TPSA) is 41.1 Å². The van der Waals surface area contributed by atoms with E-state index in [4.69, 9.17) is 0 Å². The molecule has 0 saturated heterocycles. The first kappa shape index (κ1) is 13.7. The molecule has 0 atom stereocenters. The zero-order valence-corrected chi connectivity index (χ0v) is 12.2. The molecule has 1 aliphatic carbocycles. The van der Waals surface area contributed by atoms with Crippen LogP contribution in [0.3, 0.4) is 0 Å². The van der Waals surface area contributed by atoms with Gasteiger partial charge in [-0.2, -0.15) is 0 Å². The van der Waals surface area contributed by atoms with Crippen molar-refractivity contribution in [3.8, 4) is 0 Å². The van der Waals surface area contributed by atoms with Gasteiger partial charge in [0.2, 0.25) is 5.91 Å². The van der Waals surface area contributed by atoms with Gasteiger partial charge in [-0.25, -0.2) is 0 Å². The first-order chi connectivity index (χ1) is 10.2. The van der Waals surface area contributed by atoms with E-state index in [2.05, 4.69) is 41.0 Å². The molecule has 3 nitrogen and oxygen atoms in total. The Kier molecular flexibility index (Phi) is 3.91. The summed E-state index contributed by atoms with van der Waals surface area (Å²) in [6.45, 7) is 1.52. The van der Waals surface area contributed by atoms with Crippen LogP contribution in [0.2, 0.25) is 0 Å². The summed E-state index contributed by atoms with van der Waals surface area (Å²) >= 11 is 0. The summed E-state index contributed by atoms with van der Waals surface area (Å²) in [4.78, 5) is 11.0. The van der Waals surface area contributed by atoms with Gasteiger partial charge >= 0.3 is 0 Å². The third kappa shape index (κ3) is 3.43. The number of carbonyl (C=O) groups excluding carboxylic acids is 1. The number of anilines is 2. The number of hydrogen-bond donors (Lipinski definition) is 2. The Morgan fingerprint density at radius 2 is 1.57 bits per heavy atom. The van der Waals surface area contributed by atoms with E-state index in [-0.39, 0.29) is 5.91 Å². The second-order valence-corrected chi connectivity index (χ2v) is 5.68. The van der Waals surface area contributed by atoms with Crippen molar-refractivity contribution in [3.05, 3.63) is 60.2 Å². The lowest BCUT2D eigenvalue weighted by molar-refractivity contribution is -0.114. The number of hydrogen-bond acceptors (Lipinski definition) is 2. The lowest BCUT2D eigenvalue weighted by atomic mass is 9.76. The van der Waals surface area contributed by atoms with E-state index >= 15 is 0 Å². The van der Waals surface area contributed by atoms with Gasteiger partial charge in [-0.3, -0.25) is 4.79 Å². The standard InChI is InChI=1S/C18H20N2O/c1-13(21)19-16-7-9-17(10-8-16)20-18-11-15(12-18)14-5-3-2-4-6-14/h2-10,15,18,20H,11-12H2,1H3,(H,19,21). The van der Waals surface area contributed by atoms with Crippen molar-refractivity contribution in [2.75, 3.05) is 10.6 Å². The van der Waals surface area contributed by atoms with Crippen LogP contribution in [0.4, 0.5) is 11.4 Å². The van der Waals surface area contributed by atoms with Gasteiger partial charge in [-0.05, 0) is 48.6 Å². The molecule has 1 aliphatic rings. The highest BCUT2D eigenvalue weighted by molar-refractivity contribution is 5.88. The van der Waals surface area contributed by atoms with Gasteiger partial charge < -0.3 is 10.6 Å². The van der Waals surface area contributed by atoms with E-state index in [1.165, 1.54) is 25.3 Å². The van der Waals surface area contributed by atoms with Gasteiger partial charge in [-0.15, -0.1) is 0 Å². The maximum atomic E-state index is 11.0. The van der Waals surface area contributed by atoms with Crippen molar-refractivity contribution < 1.29 is 4.79 Å². The minimum atomic E-state index is -0.0413. The molecule has 1 saturated carbocycles. The van der Waals surface area contributed by atoms with Crippen LogP contribution in [0.25, 0.3) is 0 Å². The Bertz CT molecular complexity index is 601. The molecule has 0 aliphatic heterocycles. The van der Waals surface area contributed by atoms with Gasteiger partial charge in [0.05, 0.1) is 0 Å². The molecule has 3 rings (SSSR count). The van der Waals surface area contributed by atoms with Gasteiger partial charge in [0.1, 0.15) is 0 Å². The van der Waals surface area contributed by atoms with Gasteiger partial charge in [0.15, 0.2) is 0 Å². The molecule has 0 spiro atoms. The summed E-state index contributed by atoms with van der Waals surface area (Å²) in [6.07, 6.45) is 2.36. The van der Waals surface area contributed by atoms with Crippen LogP contribution in [0, 0.1) is 0 Å². The average Bonchev–Trinajstić information content (AvgIpc) is 2.44. The summed E-state index contributed by atoms with van der Waals surface area (Å²) in [5, 5.41) is 6.32. The molecule has 0 aromatic heterocycles. The number of amides is 1. The average molecular weight is 280 g/mol. The first-order valence-corrected chi connectivity index (χ1v) is 7.40. The van der Waals surface area contributed by atoms with Crippen LogP contribution in [0.15, 0.2) is 54.6 Å². The fourth-order valence-electron chi connectivity index (χ4n) is 2.82. The maximum absolute atomic E-state index is 11.0. The highest BCUT2D eigenvalue weighted by atomic mass is 16.1. The molecule has 0 bridgehead atoms. The minimum absolute atomic E-state index is 0.0413. The third-order valence-electron chi connectivity index (χ3n) is 3.99. The molecule has 0 unspecified atom stereocenters. The van der Waals surface area contributed by atoms with E-state index in [9.17, 15) is 4.79 Å². The fourth-order valence-corrected chi connectivity index (χ4v) is 2.82. The summed E-state index contributed by atoms with van der Waals surface area (Å²) in [7, 11) is 0. The van der Waals surface area contributed by atoms with Gasteiger partial charge in [0, 0.05) is 24.3 Å². The summed E-state index contributed by atoms with van der Waals surface area (Å²) in [6, 6.07) is 19.1. The van der Waals surface area contributed by atoms with Crippen LogP contribution in [0.5, 0.6) is 0 Å². The summed E-state index contributed by atoms with van der Waals surface area (Å²) < 4.78 is 0. The van der Waals surface area contributed by atoms with Crippen molar-refractivity contribution in [1.82, 2.24) is 0 Å². The SMILES string of the molecule is CC(=O)Nc1ccc(NC2CC(c3ccccc3)C2)cc1. The van der Waals surface area contributed by atoms with E-state index in [0.717, 1.165) is 11.4 Å². The molecular formula is C18H20N2O. The lowest BCUT2D eigenvalue weighted by Gasteiger charge is -2.37. The van der Waals surface area contributed by atoms with Crippen molar-refractivity contribution in [2.24, 2.45) is 0 Å². The molecule has 0 heterocycles. The lowest BCUT2D eigenvalue weighted by Crippen LogP contribution is -2.33. The quantitative estimate of drug-likeness (QED) is 0.888. The van der Waals surface area contributed by atoms with E-state index in [1.54, 1.807) is 0 Å². The largest absolute Gasteiger partial charge is 0.382 e. The molecule has 2 aromatic rings. The predicted octanol–water partition coefficient (Wildman–Crippen LogP) is 4.00. The molecule has 1 amide bonds. The van der Waals surface area contributed by atoms with Gasteiger partial charge in [-0.1, -0.05) is 30.3 Å². The van der Waals surface area contributed by atoms with Crippen LogP contribution < -0.4 is 10.6 Å². The van der Waals surface area contributed by atoms with E-state index < -0.39 is 0 Å². The van der Waals surface area contributed by atoms with Crippen LogP contribution in [0.1, 0.15) is 31.2 Å². The molecule has 1 fully saturated rings. The number of benzene rings is 2. The van der Waals surface area contributed by atoms with Crippen molar-refractivity contribution in [1.29, 1.82) is 0 Å². The molecule has 21 heavy (non-hydrogen) atoms. The highest BCUT2D eigenvalue weighted by Gasteiger charge is 2.29. The zero-order valence-electron chi connectivity index (χ0n) is 12.2. The molecule has 2 N–H and O–H groups in total. The van der Waals surface area contributed by atoms with Crippen molar-refractivity contribution >= 4 is 17.3 Å². The molecule has 108 valence electrons. The maximum Gasteiger partial charge on any atom is 0.221 e. The summed E-state index contributed by atoms with van der Waals surface area (Å²) in [5.41, 5.74) is 3.39. The molecule has 0 radical (unpaired) electrons. The van der Waals surface area contributed by atoms with Crippen molar-refractivity contribution in [2.45, 2.75) is 31.7 Å². The zero-order chi connectivity index (χ0) is 14.7. The van der Waals surface area contributed by atoms with Gasteiger partial charge in [0.25, 0.3) is 0 Å². The summed E-state index contributed by atoms with van der Waals surface area (Å²) in [5.74, 6) is 0.641. The van der Waals surface area contributed by atoms with Crippen LogP contribution >= 0.6 is 0 Å². The Balaban J connectivity index is 1.51. The smallest absolute Gasteiger partial charge is 0.221 e. The minimum Gasteiger partial charge on any atom is -0.382 e. The third-order valence-corrected chi connectivity index (χ3v) is 3.99. The number of rotatable bonds is 4. The van der Waals surface area contributed by atoms with E-state index in [1.807, 2.05) is 24.3 Å². The Hall–Kier alpha value is -2.29. The number of nitrogens with one attached hydrogen (secondary N) is 2. The highest BCUT2D eigenvalue weighted by Crippen LogP contribution is 2.38. The Morgan fingerprint density at radius 3 is 2.19 bits per heavy atom. The molecule has 2 aromatic carbocycles. The second kappa shape index (κ2) is 6.00. The first-order valence-electron chi connectivity index (χ1n) is 7.40. The van der Waals surface area contributed by atoms with E-state index in [0.29, 0.717) is 12.0 Å². The number of carbonyl (C=O) groups is 1. The monoisotopic (exact) mass is 280 g/mol. The molecule has 3 heteroatoms. The Morgan fingerprint density at radius 1 is 0.952 bits per heavy atom. The fraction of sp³-hybridized carbons (Fsp3) is 0.278. The molecular weight excluding hydrogens is 260 g/mol. The van der Waals surface area contributed by atoms with Crippen LogP contribution in [-0.4, -0.2) is 11.9 Å². The normalized spacial score (nSPS) is 20.4. The Labute approximate surface area is 125 Å². The predicted molar refractivity (Wildman–Crippen MR) is 86.6 cm³/mol. The van der Waals surface area contributed by atoms with Crippen LogP contribution in [-0.2, 0) is 4.79 Å². The second-order valence-electron chi connectivity index (χ2n) is 5.68.